The molecule has 2 saturated heterocycles. The molecule has 0 bridgehead atoms. The van der Waals surface area contributed by atoms with Crippen LogP contribution in [0.25, 0.3) is 0 Å². The summed E-state index contributed by atoms with van der Waals surface area (Å²) in [6, 6.07) is 10.8. The maximum atomic E-state index is 5.74. The summed E-state index contributed by atoms with van der Waals surface area (Å²) in [6.07, 6.45) is 5.99. The third-order valence-electron chi connectivity index (χ3n) is 5.32. The standard InChI is InChI=1S/C22H35N3O2/c1-2-23-22(24-12-7-14-26-18-21-10-6-15-27-21)25-13-11-20(17-25)16-19-8-4-3-5-9-19/h3-5,8-9,20-21H,2,6-7,10-18H2,1H3,(H,23,24). The van der Waals surface area contributed by atoms with Crippen molar-refractivity contribution < 1.29 is 9.47 Å². The number of benzene rings is 1. The fourth-order valence-corrected chi connectivity index (χ4v) is 3.91. The molecule has 1 aromatic rings. The lowest BCUT2D eigenvalue weighted by Gasteiger charge is -2.21. The van der Waals surface area contributed by atoms with Crippen molar-refractivity contribution in [3.63, 3.8) is 0 Å². The van der Waals surface area contributed by atoms with E-state index in [1.165, 1.54) is 18.4 Å². The molecule has 1 N–H and O–H groups in total. The second kappa shape index (κ2) is 11.3. The number of nitrogens with one attached hydrogen (secondary N) is 1. The zero-order valence-corrected chi connectivity index (χ0v) is 16.7. The summed E-state index contributed by atoms with van der Waals surface area (Å²) >= 11 is 0. The Balaban J connectivity index is 1.37. The zero-order valence-electron chi connectivity index (χ0n) is 16.7. The minimum Gasteiger partial charge on any atom is -0.379 e. The first-order chi connectivity index (χ1) is 13.3. The number of ether oxygens (including phenoxy) is 2. The third-order valence-corrected chi connectivity index (χ3v) is 5.32. The van der Waals surface area contributed by atoms with E-state index in [0.717, 1.165) is 71.2 Å². The molecule has 2 aliphatic heterocycles. The number of rotatable bonds is 9. The molecule has 2 fully saturated rings. The van der Waals surface area contributed by atoms with E-state index < -0.39 is 0 Å². The highest BCUT2D eigenvalue weighted by molar-refractivity contribution is 5.80. The molecule has 0 aliphatic carbocycles. The molecular formula is C22H35N3O2. The van der Waals surface area contributed by atoms with Crippen LogP contribution >= 0.6 is 0 Å². The Morgan fingerprint density at radius 1 is 1.30 bits per heavy atom. The van der Waals surface area contributed by atoms with Gasteiger partial charge in [0.25, 0.3) is 0 Å². The van der Waals surface area contributed by atoms with Crippen molar-refractivity contribution in [2.45, 2.75) is 45.1 Å². The molecule has 27 heavy (non-hydrogen) atoms. The van der Waals surface area contributed by atoms with Crippen LogP contribution in [0.15, 0.2) is 35.3 Å². The molecule has 0 aromatic heterocycles. The Hall–Kier alpha value is -1.59. The summed E-state index contributed by atoms with van der Waals surface area (Å²) in [7, 11) is 0. The lowest BCUT2D eigenvalue weighted by molar-refractivity contribution is 0.0170. The number of hydrogen-bond acceptors (Lipinski definition) is 3. The SMILES string of the molecule is CCNC(=NCCCOCC1CCCO1)N1CCC(Cc2ccccc2)C1. The topological polar surface area (TPSA) is 46.1 Å². The highest BCUT2D eigenvalue weighted by Crippen LogP contribution is 2.21. The quantitative estimate of drug-likeness (QED) is 0.410. The van der Waals surface area contributed by atoms with Gasteiger partial charge in [-0.2, -0.15) is 0 Å². The van der Waals surface area contributed by atoms with Crippen LogP contribution in [-0.4, -0.2) is 63.0 Å². The number of nitrogens with zero attached hydrogens (tertiary/aromatic N) is 2. The summed E-state index contributed by atoms with van der Waals surface area (Å²) in [5.74, 6) is 1.78. The fraction of sp³-hybridized carbons (Fsp3) is 0.682. The van der Waals surface area contributed by atoms with Gasteiger partial charge in [0.15, 0.2) is 5.96 Å². The molecule has 2 heterocycles. The van der Waals surface area contributed by atoms with Crippen LogP contribution in [0, 0.1) is 5.92 Å². The summed E-state index contributed by atoms with van der Waals surface area (Å²) < 4.78 is 11.3. The second-order valence-corrected chi connectivity index (χ2v) is 7.59. The van der Waals surface area contributed by atoms with Gasteiger partial charge in [-0.15, -0.1) is 0 Å². The van der Waals surface area contributed by atoms with Gasteiger partial charge in [-0.3, -0.25) is 4.99 Å². The average molecular weight is 374 g/mol. The normalized spacial score (nSPS) is 23.1. The van der Waals surface area contributed by atoms with Gasteiger partial charge in [-0.05, 0) is 50.5 Å². The Morgan fingerprint density at radius 3 is 2.96 bits per heavy atom. The van der Waals surface area contributed by atoms with Crippen molar-refractivity contribution in [2.75, 3.05) is 46.0 Å². The van der Waals surface area contributed by atoms with Gasteiger partial charge < -0.3 is 19.7 Å². The predicted octanol–water partition coefficient (Wildman–Crippen LogP) is 3.10. The first kappa shape index (κ1) is 20.2. The molecule has 1 aromatic carbocycles. The fourth-order valence-electron chi connectivity index (χ4n) is 3.91. The van der Waals surface area contributed by atoms with Crippen LogP contribution in [-0.2, 0) is 15.9 Å². The van der Waals surface area contributed by atoms with Crippen LogP contribution in [0.1, 0.15) is 38.2 Å². The van der Waals surface area contributed by atoms with Gasteiger partial charge in [0.05, 0.1) is 12.7 Å². The monoisotopic (exact) mass is 373 g/mol. The van der Waals surface area contributed by atoms with Crippen LogP contribution < -0.4 is 5.32 Å². The molecule has 2 aliphatic rings. The van der Waals surface area contributed by atoms with Gasteiger partial charge in [-0.25, -0.2) is 0 Å². The van der Waals surface area contributed by atoms with Crippen molar-refractivity contribution in [1.29, 1.82) is 0 Å². The van der Waals surface area contributed by atoms with Gasteiger partial charge in [0.2, 0.25) is 0 Å². The Kier molecular flexibility index (Phi) is 8.43. The Labute approximate surface area is 164 Å². The first-order valence-corrected chi connectivity index (χ1v) is 10.6. The van der Waals surface area contributed by atoms with Gasteiger partial charge in [0, 0.05) is 39.4 Å². The van der Waals surface area contributed by atoms with Gasteiger partial charge >= 0.3 is 0 Å². The molecule has 0 amide bonds. The van der Waals surface area contributed by atoms with Crippen LogP contribution in [0.2, 0.25) is 0 Å². The van der Waals surface area contributed by atoms with Crippen molar-refractivity contribution in [2.24, 2.45) is 10.9 Å². The smallest absolute Gasteiger partial charge is 0.193 e. The van der Waals surface area contributed by atoms with Crippen LogP contribution in [0.5, 0.6) is 0 Å². The van der Waals surface area contributed by atoms with E-state index in [-0.39, 0.29) is 0 Å². The molecule has 5 heteroatoms. The van der Waals surface area contributed by atoms with Crippen LogP contribution in [0.4, 0.5) is 0 Å². The molecule has 0 saturated carbocycles. The van der Waals surface area contributed by atoms with E-state index in [2.05, 4.69) is 47.5 Å². The molecule has 5 nitrogen and oxygen atoms in total. The Morgan fingerprint density at radius 2 is 2.19 bits per heavy atom. The molecule has 0 radical (unpaired) electrons. The number of hydrogen-bond donors (Lipinski definition) is 1. The summed E-state index contributed by atoms with van der Waals surface area (Å²) in [6.45, 7) is 8.44. The predicted molar refractivity (Wildman–Crippen MR) is 110 cm³/mol. The van der Waals surface area contributed by atoms with Gasteiger partial charge in [-0.1, -0.05) is 30.3 Å². The van der Waals surface area contributed by atoms with Crippen molar-refractivity contribution in [1.82, 2.24) is 10.2 Å². The van der Waals surface area contributed by atoms with E-state index in [4.69, 9.17) is 14.5 Å². The second-order valence-electron chi connectivity index (χ2n) is 7.59. The summed E-state index contributed by atoms with van der Waals surface area (Å²) in [5.41, 5.74) is 1.44. The number of aliphatic imine (C=N–C) groups is 1. The average Bonchev–Trinajstić information content (AvgIpc) is 3.36. The van der Waals surface area contributed by atoms with Crippen LogP contribution in [0.3, 0.4) is 0 Å². The molecule has 2 atom stereocenters. The maximum absolute atomic E-state index is 5.74. The zero-order chi connectivity index (χ0) is 18.7. The minimum absolute atomic E-state index is 0.317. The Bertz CT molecular complexity index is 558. The summed E-state index contributed by atoms with van der Waals surface area (Å²) in [5, 5.41) is 3.46. The summed E-state index contributed by atoms with van der Waals surface area (Å²) in [4.78, 5) is 7.25. The number of guanidine groups is 1. The molecule has 2 unspecified atom stereocenters. The van der Waals surface area contributed by atoms with E-state index in [1.807, 2.05) is 0 Å². The molecule has 0 spiro atoms. The maximum Gasteiger partial charge on any atom is 0.193 e. The van der Waals surface area contributed by atoms with Crippen molar-refractivity contribution in [3.05, 3.63) is 35.9 Å². The highest BCUT2D eigenvalue weighted by atomic mass is 16.5. The lowest BCUT2D eigenvalue weighted by Crippen LogP contribution is -2.40. The number of likely N-dealkylation sites (tertiary alicyclic amines) is 1. The minimum atomic E-state index is 0.317. The van der Waals surface area contributed by atoms with Crippen molar-refractivity contribution >= 4 is 5.96 Å². The molecule has 3 rings (SSSR count). The largest absolute Gasteiger partial charge is 0.379 e. The molecule has 150 valence electrons. The van der Waals surface area contributed by atoms with E-state index >= 15 is 0 Å². The highest BCUT2D eigenvalue weighted by Gasteiger charge is 2.24. The van der Waals surface area contributed by atoms with E-state index in [9.17, 15) is 0 Å². The van der Waals surface area contributed by atoms with Gasteiger partial charge in [0.1, 0.15) is 0 Å². The van der Waals surface area contributed by atoms with E-state index in [1.54, 1.807) is 0 Å². The van der Waals surface area contributed by atoms with Crippen molar-refractivity contribution in [3.8, 4) is 0 Å². The first-order valence-electron chi connectivity index (χ1n) is 10.6. The van der Waals surface area contributed by atoms with E-state index in [0.29, 0.717) is 12.0 Å². The molecular weight excluding hydrogens is 338 g/mol. The lowest BCUT2D eigenvalue weighted by atomic mass is 9.99. The third kappa shape index (κ3) is 6.82.